The van der Waals surface area contributed by atoms with Crippen LogP contribution in [0.3, 0.4) is 0 Å². The van der Waals surface area contributed by atoms with E-state index in [9.17, 15) is 9.59 Å². The second-order valence-corrected chi connectivity index (χ2v) is 3.34. The summed E-state index contributed by atoms with van der Waals surface area (Å²) < 4.78 is 10.3. The number of amides is 1. The predicted molar refractivity (Wildman–Crippen MR) is 52.0 cm³/mol. The lowest BCUT2D eigenvalue weighted by Crippen LogP contribution is -2.30. The number of hydrogen-bond acceptors (Lipinski definition) is 4. The van der Waals surface area contributed by atoms with Gasteiger partial charge in [-0.3, -0.25) is 4.79 Å². The number of benzene rings is 1. The molecule has 0 aliphatic carbocycles. The Hall–Kier alpha value is -2.39. The fourth-order valence-corrected chi connectivity index (χ4v) is 1.62. The highest BCUT2D eigenvalue weighted by Crippen LogP contribution is 2.28. The molecule has 0 unspecified atom stereocenters. The molecule has 1 aromatic carbocycles. The van der Waals surface area contributed by atoms with Gasteiger partial charge in [-0.2, -0.15) is 0 Å². The molecule has 1 amide bonds. The van der Waals surface area contributed by atoms with E-state index >= 15 is 0 Å². The quantitative estimate of drug-likeness (QED) is 0.416. The van der Waals surface area contributed by atoms with Crippen molar-refractivity contribution in [3.05, 3.63) is 28.3 Å². The van der Waals surface area contributed by atoms with Crippen LogP contribution in [0.5, 0.6) is 11.5 Å². The lowest BCUT2D eigenvalue weighted by molar-refractivity contribution is -0.114. The molecule has 2 aliphatic rings. The number of fused-ring (bicyclic) bond motifs is 2. The van der Waals surface area contributed by atoms with Gasteiger partial charge in [-0.25, -0.2) is 9.79 Å². The number of carbonyl (C=O) groups excluding carboxylic acids is 2. The Kier molecular flexibility index (Phi) is 1.69. The maximum Gasteiger partial charge on any atom is 0.288 e. The van der Waals surface area contributed by atoms with E-state index in [-0.39, 0.29) is 12.4 Å². The van der Waals surface area contributed by atoms with Gasteiger partial charge in [0.2, 0.25) is 6.79 Å². The second kappa shape index (κ2) is 3.05. The van der Waals surface area contributed by atoms with Crippen molar-refractivity contribution in [2.24, 2.45) is 4.99 Å². The largest absolute Gasteiger partial charge is 0.454 e. The molecule has 0 spiro atoms. The molecule has 0 radical (unpaired) electrons. The van der Waals surface area contributed by atoms with Gasteiger partial charge in [0.15, 0.2) is 11.5 Å². The summed E-state index contributed by atoms with van der Waals surface area (Å²) in [6, 6.07) is 3.30. The summed E-state index contributed by atoms with van der Waals surface area (Å²) in [7, 11) is 0. The fraction of sp³-hybridized carbons (Fsp3) is 0.0909. The Morgan fingerprint density at radius 1 is 1.25 bits per heavy atom. The van der Waals surface area contributed by atoms with Crippen LogP contribution in [0.25, 0.3) is 6.08 Å². The van der Waals surface area contributed by atoms with Crippen molar-refractivity contribution in [3.63, 3.8) is 0 Å². The van der Waals surface area contributed by atoms with E-state index in [1.54, 1.807) is 18.1 Å². The standard InChI is InChI=1S/C11H5NO4/c13-4-7-1-6-2-9-10(16-5-15-9)3-8(6)12-11(7)14/h1-3H,5H2. The van der Waals surface area contributed by atoms with Crippen LogP contribution in [-0.2, 0) is 9.59 Å². The van der Waals surface area contributed by atoms with Crippen molar-refractivity contribution in [2.75, 3.05) is 6.79 Å². The molecule has 5 nitrogen and oxygen atoms in total. The van der Waals surface area contributed by atoms with Crippen LogP contribution in [0, 0.1) is 0 Å². The summed E-state index contributed by atoms with van der Waals surface area (Å²) in [6.45, 7) is 0.155. The third-order valence-electron chi connectivity index (χ3n) is 2.38. The molecule has 0 saturated carbocycles. The monoisotopic (exact) mass is 215 g/mol. The molecule has 1 aromatic rings. The average molecular weight is 215 g/mol. The highest BCUT2D eigenvalue weighted by atomic mass is 16.7. The molecule has 0 N–H and O–H groups in total. The molecule has 5 heteroatoms. The zero-order valence-corrected chi connectivity index (χ0v) is 8.02. The smallest absolute Gasteiger partial charge is 0.288 e. The lowest BCUT2D eigenvalue weighted by Gasteiger charge is -2.01. The maximum absolute atomic E-state index is 11.3. The van der Waals surface area contributed by atoms with Crippen molar-refractivity contribution < 1.29 is 19.1 Å². The first-order chi connectivity index (χ1) is 7.78. The van der Waals surface area contributed by atoms with Crippen molar-refractivity contribution in [1.29, 1.82) is 0 Å². The molecule has 0 bridgehead atoms. The van der Waals surface area contributed by atoms with Crippen LogP contribution < -0.4 is 20.0 Å². The summed E-state index contributed by atoms with van der Waals surface area (Å²) in [6.07, 6.45) is 1.44. The molecule has 3 rings (SSSR count). The lowest BCUT2D eigenvalue weighted by atomic mass is 10.1. The molecular formula is C11H5NO4. The minimum atomic E-state index is -0.582. The van der Waals surface area contributed by atoms with Gasteiger partial charge in [0.05, 0.1) is 5.36 Å². The van der Waals surface area contributed by atoms with Gasteiger partial charge in [0.1, 0.15) is 11.5 Å². The third kappa shape index (κ3) is 1.16. The van der Waals surface area contributed by atoms with Crippen LogP contribution in [0.2, 0.25) is 0 Å². The number of rotatable bonds is 0. The molecule has 0 fully saturated rings. The van der Waals surface area contributed by atoms with Gasteiger partial charge in [0.25, 0.3) is 5.91 Å². The molecule has 0 saturated heterocycles. The van der Waals surface area contributed by atoms with Gasteiger partial charge in [-0.1, -0.05) is 0 Å². The minimum Gasteiger partial charge on any atom is -0.454 e. The number of ether oxygens (including phenoxy) is 2. The van der Waals surface area contributed by atoms with Gasteiger partial charge in [-0.15, -0.1) is 0 Å². The van der Waals surface area contributed by atoms with Gasteiger partial charge < -0.3 is 9.47 Å². The van der Waals surface area contributed by atoms with Crippen molar-refractivity contribution in [2.45, 2.75) is 0 Å². The van der Waals surface area contributed by atoms with E-state index in [1.165, 1.54) is 6.08 Å². The van der Waals surface area contributed by atoms with E-state index in [2.05, 4.69) is 4.99 Å². The number of hydrogen-bond donors (Lipinski definition) is 0. The Bertz CT molecular complexity index is 668. The van der Waals surface area contributed by atoms with E-state index in [0.29, 0.717) is 22.1 Å². The topological polar surface area (TPSA) is 65.0 Å². The minimum absolute atomic E-state index is 0.0774. The van der Waals surface area contributed by atoms with Gasteiger partial charge in [0, 0.05) is 11.3 Å². The molecular weight excluding hydrogens is 210 g/mol. The summed E-state index contributed by atoms with van der Waals surface area (Å²) in [5, 5.41) is 1.13. The third-order valence-corrected chi connectivity index (χ3v) is 2.38. The second-order valence-electron chi connectivity index (χ2n) is 3.34. The fourth-order valence-electron chi connectivity index (χ4n) is 1.62. The SMILES string of the molecule is O=C=C1C=c2cc3c(cc2=NC1=O)OCO3. The average Bonchev–Trinajstić information content (AvgIpc) is 2.72. The molecule has 0 atom stereocenters. The zero-order valence-electron chi connectivity index (χ0n) is 8.02. The van der Waals surface area contributed by atoms with Crippen molar-refractivity contribution in [3.8, 4) is 11.5 Å². The van der Waals surface area contributed by atoms with Crippen LogP contribution in [0.4, 0.5) is 0 Å². The van der Waals surface area contributed by atoms with Crippen LogP contribution >= 0.6 is 0 Å². The molecule has 0 aromatic heterocycles. The van der Waals surface area contributed by atoms with E-state index in [0.717, 1.165) is 0 Å². The summed E-state index contributed by atoms with van der Waals surface area (Å²) >= 11 is 0. The van der Waals surface area contributed by atoms with Crippen molar-refractivity contribution in [1.82, 2.24) is 0 Å². The molecule has 16 heavy (non-hydrogen) atoms. The Morgan fingerprint density at radius 2 is 2.00 bits per heavy atom. The highest BCUT2D eigenvalue weighted by Gasteiger charge is 2.17. The van der Waals surface area contributed by atoms with Crippen LogP contribution in [0.15, 0.2) is 22.7 Å². The van der Waals surface area contributed by atoms with Gasteiger partial charge >= 0.3 is 0 Å². The first-order valence-electron chi connectivity index (χ1n) is 4.57. The number of carbonyl (C=O) groups is 1. The summed E-state index contributed by atoms with van der Waals surface area (Å²) in [5.41, 5.74) is -0.0774. The van der Waals surface area contributed by atoms with E-state index in [4.69, 9.17) is 9.47 Å². The van der Waals surface area contributed by atoms with Crippen LogP contribution in [0.1, 0.15) is 0 Å². The normalized spacial score (nSPS) is 16.0. The highest BCUT2D eigenvalue weighted by molar-refractivity contribution is 6.09. The zero-order chi connectivity index (χ0) is 11.1. The van der Waals surface area contributed by atoms with Crippen LogP contribution in [-0.4, -0.2) is 18.6 Å². The predicted octanol–water partition coefficient (Wildman–Crippen LogP) is -0.886. The Balaban J connectivity index is 2.37. The Labute approximate surface area is 89.3 Å². The molecule has 2 heterocycles. The van der Waals surface area contributed by atoms with Gasteiger partial charge in [-0.05, 0) is 12.1 Å². The van der Waals surface area contributed by atoms with E-state index in [1.807, 2.05) is 0 Å². The van der Waals surface area contributed by atoms with E-state index < -0.39 is 5.91 Å². The molecule has 78 valence electrons. The molecule has 2 aliphatic heterocycles. The summed E-state index contributed by atoms with van der Waals surface area (Å²) in [4.78, 5) is 25.6. The first-order valence-corrected chi connectivity index (χ1v) is 4.57. The Morgan fingerprint density at radius 3 is 2.75 bits per heavy atom. The first kappa shape index (κ1) is 8.88. The van der Waals surface area contributed by atoms with Crippen molar-refractivity contribution >= 4 is 17.9 Å². The number of nitrogens with zero attached hydrogens (tertiary/aromatic N) is 1. The summed E-state index contributed by atoms with van der Waals surface area (Å²) in [5.74, 6) is 2.12. The maximum atomic E-state index is 11.3.